The molecule has 112 valence electrons. The minimum absolute atomic E-state index is 0.261. The number of hydrogen-bond donors (Lipinski definition) is 2. The van der Waals surface area contributed by atoms with Crippen LogP contribution in [0, 0.1) is 0 Å². The number of carboxylic acid groups (broad SMARTS) is 1. The van der Waals surface area contributed by atoms with Crippen LogP contribution < -0.4 is 5.32 Å². The van der Waals surface area contributed by atoms with Gasteiger partial charge in [0, 0.05) is 16.3 Å². The average molecular weight is 342 g/mol. The van der Waals surface area contributed by atoms with Gasteiger partial charge in [0.1, 0.15) is 16.7 Å². The van der Waals surface area contributed by atoms with E-state index < -0.39 is 17.9 Å². The molecule has 2 aromatic rings. The van der Waals surface area contributed by atoms with Gasteiger partial charge in [-0.05, 0) is 29.9 Å². The smallest absolute Gasteiger partial charge is 0.326 e. The number of carboxylic acids is 1. The summed E-state index contributed by atoms with van der Waals surface area (Å²) >= 11 is 4.48. The number of nitrogens with one attached hydrogen (secondary N) is 1. The van der Waals surface area contributed by atoms with Crippen molar-refractivity contribution in [3.05, 3.63) is 27.9 Å². The van der Waals surface area contributed by atoms with Crippen LogP contribution in [-0.4, -0.2) is 40.0 Å². The van der Waals surface area contributed by atoms with Crippen LogP contribution in [-0.2, 0) is 4.79 Å². The fourth-order valence-electron chi connectivity index (χ4n) is 1.62. The number of carbonyl (C=O) groups is 2. The number of thiazole rings is 1. The second kappa shape index (κ2) is 7.58. The molecule has 21 heavy (non-hydrogen) atoms. The van der Waals surface area contributed by atoms with Crippen LogP contribution in [0.2, 0.25) is 0 Å². The number of carbonyl (C=O) groups excluding carboxylic acids is 1. The highest BCUT2D eigenvalue weighted by Crippen LogP contribution is 2.25. The van der Waals surface area contributed by atoms with Crippen molar-refractivity contribution in [2.24, 2.45) is 0 Å². The molecule has 0 aliphatic rings. The molecule has 2 rings (SSSR count). The highest BCUT2D eigenvalue weighted by molar-refractivity contribution is 7.98. The Morgan fingerprint density at radius 3 is 2.90 bits per heavy atom. The number of thiophene rings is 1. The summed E-state index contributed by atoms with van der Waals surface area (Å²) in [5, 5.41) is 17.9. The van der Waals surface area contributed by atoms with Crippen LogP contribution in [0.25, 0.3) is 10.6 Å². The molecule has 0 saturated heterocycles. The first-order valence-corrected chi connectivity index (χ1v) is 9.34. The average Bonchev–Trinajstić information content (AvgIpc) is 3.12. The number of amides is 1. The van der Waals surface area contributed by atoms with Gasteiger partial charge in [-0.2, -0.15) is 23.1 Å². The molecule has 0 radical (unpaired) electrons. The summed E-state index contributed by atoms with van der Waals surface area (Å²) in [7, 11) is 0. The first-order valence-electron chi connectivity index (χ1n) is 6.12. The first-order chi connectivity index (χ1) is 10.1. The van der Waals surface area contributed by atoms with Crippen LogP contribution in [0.4, 0.5) is 0 Å². The Morgan fingerprint density at radius 2 is 2.29 bits per heavy atom. The molecule has 0 spiro atoms. The number of aromatic nitrogens is 1. The summed E-state index contributed by atoms with van der Waals surface area (Å²) in [5.41, 5.74) is 1.23. The topological polar surface area (TPSA) is 79.3 Å². The summed E-state index contributed by atoms with van der Waals surface area (Å²) in [5.74, 6) is -0.791. The zero-order valence-corrected chi connectivity index (χ0v) is 13.7. The SMILES string of the molecule is CSCC[C@H](NC(=O)c1csc(-c2ccsc2)n1)C(=O)O. The van der Waals surface area contributed by atoms with E-state index in [0.29, 0.717) is 12.2 Å². The molecule has 5 nitrogen and oxygen atoms in total. The molecule has 0 unspecified atom stereocenters. The zero-order chi connectivity index (χ0) is 15.2. The maximum absolute atomic E-state index is 12.1. The molecule has 1 amide bonds. The zero-order valence-electron chi connectivity index (χ0n) is 11.2. The van der Waals surface area contributed by atoms with Gasteiger partial charge in [0.05, 0.1) is 0 Å². The highest BCUT2D eigenvalue weighted by atomic mass is 32.2. The Balaban J connectivity index is 2.04. The molecule has 1 atom stereocenters. The van der Waals surface area contributed by atoms with E-state index in [-0.39, 0.29) is 5.69 Å². The molecule has 0 aliphatic carbocycles. The third-order valence-electron chi connectivity index (χ3n) is 2.72. The molecule has 0 bridgehead atoms. The van der Waals surface area contributed by atoms with Gasteiger partial charge in [0.2, 0.25) is 0 Å². The summed E-state index contributed by atoms with van der Waals surface area (Å²) in [4.78, 5) is 27.5. The van der Waals surface area contributed by atoms with E-state index in [9.17, 15) is 9.59 Å². The second-order valence-electron chi connectivity index (χ2n) is 4.20. The number of thioether (sulfide) groups is 1. The van der Waals surface area contributed by atoms with Crippen molar-refractivity contribution in [1.82, 2.24) is 10.3 Å². The molecule has 0 saturated carbocycles. The number of hydrogen-bond acceptors (Lipinski definition) is 6. The Labute approximate surface area is 134 Å². The fourth-order valence-corrected chi connectivity index (χ4v) is 3.61. The van der Waals surface area contributed by atoms with E-state index >= 15 is 0 Å². The van der Waals surface area contributed by atoms with E-state index in [1.807, 2.05) is 23.1 Å². The summed E-state index contributed by atoms with van der Waals surface area (Å²) < 4.78 is 0. The van der Waals surface area contributed by atoms with Crippen LogP contribution >= 0.6 is 34.4 Å². The predicted molar refractivity (Wildman–Crippen MR) is 87.3 cm³/mol. The predicted octanol–water partition coefficient (Wildman–Crippen LogP) is 2.81. The maximum Gasteiger partial charge on any atom is 0.326 e. The van der Waals surface area contributed by atoms with Gasteiger partial charge < -0.3 is 10.4 Å². The standard InChI is InChI=1S/C13H14N2O3S3/c1-19-4-3-9(13(17)18)14-11(16)10-7-21-12(15-10)8-2-5-20-6-8/h2,5-7,9H,3-4H2,1H3,(H,14,16)(H,17,18)/t9-/m0/s1. The third-order valence-corrected chi connectivity index (χ3v) is 4.94. The summed E-state index contributed by atoms with van der Waals surface area (Å²) in [6.07, 6.45) is 2.29. The van der Waals surface area contributed by atoms with Gasteiger partial charge in [-0.1, -0.05) is 0 Å². The Hall–Kier alpha value is -1.38. The van der Waals surface area contributed by atoms with E-state index in [4.69, 9.17) is 5.11 Å². The lowest BCUT2D eigenvalue weighted by Gasteiger charge is -2.12. The monoisotopic (exact) mass is 342 g/mol. The van der Waals surface area contributed by atoms with Gasteiger partial charge in [0.25, 0.3) is 5.91 Å². The molecule has 2 heterocycles. The van der Waals surface area contributed by atoms with Crippen LogP contribution in [0.15, 0.2) is 22.2 Å². The van der Waals surface area contributed by atoms with Crippen molar-refractivity contribution in [3.8, 4) is 10.6 Å². The molecular formula is C13H14N2O3S3. The molecule has 2 N–H and O–H groups in total. The minimum atomic E-state index is -1.02. The summed E-state index contributed by atoms with van der Waals surface area (Å²) in [6.45, 7) is 0. The minimum Gasteiger partial charge on any atom is -0.480 e. The molecule has 0 fully saturated rings. The largest absolute Gasteiger partial charge is 0.480 e. The molecule has 8 heteroatoms. The Morgan fingerprint density at radius 1 is 1.48 bits per heavy atom. The van der Waals surface area contributed by atoms with Gasteiger partial charge in [-0.15, -0.1) is 11.3 Å². The van der Waals surface area contributed by atoms with Crippen molar-refractivity contribution >= 4 is 46.3 Å². The molecular weight excluding hydrogens is 328 g/mol. The quantitative estimate of drug-likeness (QED) is 0.809. The molecule has 2 aromatic heterocycles. The lowest BCUT2D eigenvalue weighted by molar-refractivity contribution is -0.139. The molecule has 0 aliphatic heterocycles. The van der Waals surface area contributed by atoms with Crippen molar-refractivity contribution in [1.29, 1.82) is 0 Å². The van der Waals surface area contributed by atoms with Gasteiger partial charge in [-0.25, -0.2) is 9.78 Å². The summed E-state index contributed by atoms with van der Waals surface area (Å²) in [6, 6.07) is 1.06. The van der Waals surface area contributed by atoms with Crippen molar-refractivity contribution in [2.45, 2.75) is 12.5 Å². The number of rotatable bonds is 7. The lowest BCUT2D eigenvalue weighted by atomic mass is 10.2. The second-order valence-corrected chi connectivity index (χ2v) is 6.82. The van der Waals surface area contributed by atoms with Gasteiger partial charge in [0.15, 0.2) is 0 Å². The normalized spacial score (nSPS) is 12.0. The van der Waals surface area contributed by atoms with Crippen LogP contribution in [0.1, 0.15) is 16.9 Å². The van der Waals surface area contributed by atoms with E-state index in [1.165, 1.54) is 11.3 Å². The fraction of sp³-hybridized carbons (Fsp3) is 0.308. The number of aliphatic carboxylic acids is 1. The van der Waals surface area contributed by atoms with E-state index in [2.05, 4.69) is 10.3 Å². The van der Waals surface area contributed by atoms with Crippen LogP contribution in [0.3, 0.4) is 0 Å². The Bertz CT molecular complexity index is 610. The highest BCUT2D eigenvalue weighted by Gasteiger charge is 2.21. The van der Waals surface area contributed by atoms with E-state index in [0.717, 1.165) is 10.6 Å². The van der Waals surface area contributed by atoms with Gasteiger partial charge in [-0.3, -0.25) is 4.79 Å². The third kappa shape index (κ3) is 4.29. The van der Waals surface area contributed by atoms with Crippen LogP contribution in [0.5, 0.6) is 0 Å². The Kier molecular flexibility index (Phi) is 5.77. The lowest BCUT2D eigenvalue weighted by Crippen LogP contribution is -2.41. The number of nitrogens with zero attached hydrogens (tertiary/aromatic N) is 1. The first kappa shape index (κ1) is 16.0. The van der Waals surface area contributed by atoms with Gasteiger partial charge >= 0.3 is 5.97 Å². The molecule has 0 aromatic carbocycles. The van der Waals surface area contributed by atoms with Crippen molar-refractivity contribution in [3.63, 3.8) is 0 Å². The maximum atomic E-state index is 12.1. The van der Waals surface area contributed by atoms with Crippen molar-refractivity contribution < 1.29 is 14.7 Å². The van der Waals surface area contributed by atoms with Crippen molar-refractivity contribution in [2.75, 3.05) is 12.0 Å². The van der Waals surface area contributed by atoms with E-state index in [1.54, 1.807) is 28.5 Å².